The van der Waals surface area contributed by atoms with Crippen LogP contribution in [0.2, 0.25) is 0 Å². The minimum absolute atomic E-state index is 0.00707. The third kappa shape index (κ3) is 3.70. The van der Waals surface area contributed by atoms with Crippen molar-refractivity contribution in [2.45, 2.75) is 19.8 Å². The van der Waals surface area contributed by atoms with Crippen molar-refractivity contribution >= 4 is 28.7 Å². The first-order valence-electron chi connectivity index (χ1n) is 9.65. The van der Waals surface area contributed by atoms with Gasteiger partial charge < -0.3 is 14.5 Å². The largest absolute Gasteiger partial charge is 0.493 e. The number of aromatic amines is 1. The van der Waals surface area contributed by atoms with E-state index in [1.54, 1.807) is 18.2 Å². The zero-order valence-corrected chi connectivity index (χ0v) is 16.7. The predicted octanol–water partition coefficient (Wildman–Crippen LogP) is 4.59. The number of ketones is 1. The van der Waals surface area contributed by atoms with E-state index in [9.17, 15) is 14.9 Å². The number of allylic oxidation sites excluding steroid dienone is 1. The third-order valence-electron chi connectivity index (χ3n) is 5.11. The van der Waals surface area contributed by atoms with Crippen LogP contribution in [0.4, 0.5) is 0 Å². The summed E-state index contributed by atoms with van der Waals surface area (Å²) in [6, 6.07) is 14.4. The quantitative estimate of drug-likeness (QED) is 0.215. The lowest BCUT2D eigenvalue weighted by molar-refractivity contribution is -0.135. The maximum Gasteiger partial charge on any atom is 0.314 e. The van der Waals surface area contributed by atoms with Gasteiger partial charge >= 0.3 is 5.97 Å². The van der Waals surface area contributed by atoms with Gasteiger partial charge in [0.25, 0.3) is 0 Å². The molecular weight excluding hydrogens is 380 g/mol. The van der Waals surface area contributed by atoms with E-state index in [1.165, 1.54) is 13.2 Å². The zero-order chi connectivity index (χ0) is 21.3. The molecule has 1 fully saturated rings. The molecule has 6 nitrogen and oxygen atoms in total. The van der Waals surface area contributed by atoms with Crippen molar-refractivity contribution in [3.63, 3.8) is 0 Å². The molecule has 30 heavy (non-hydrogen) atoms. The van der Waals surface area contributed by atoms with Gasteiger partial charge in [-0.05, 0) is 49.6 Å². The monoisotopic (exact) mass is 400 g/mol. The van der Waals surface area contributed by atoms with Crippen LogP contribution in [-0.4, -0.2) is 23.8 Å². The van der Waals surface area contributed by atoms with Crippen molar-refractivity contribution in [1.82, 2.24) is 4.98 Å². The first kappa shape index (κ1) is 19.5. The van der Waals surface area contributed by atoms with Gasteiger partial charge in [-0.15, -0.1) is 0 Å². The Hall–Kier alpha value is -3.85. The molecule has 0 spiro atoms. The highest BCUT2D eigenvalue weighted by Crippen LogP contribution is 2.34. The molecular formula is C24H20N2O4. The third-order valence-corrected chi connectivity index (χ3v) is 5.11. The highest BCUT2D eigenvalue weighted by molar-refractivity contribution is 6.20. The van der Waals surface area contributed by atoms with Crippen LogP contribution < -0.4 is 9.47 Å². The molecule has 1 heterocycles. The van der Waals surface area contributed by atoms with Crippen molar-refractivity contribution in [2.24, 2.45) is 5.92 Å². The van der Waals surface area contributed by atoms with Gasteiger partial charge in [-0.1, -0.05) is 24.3 Å². The molecule has 0 radical (unpaired) electrons. The highest BCUT2D eigenvalue weighted by atomic mass is 16.6. The average Bonchev–Trinajstić information content (AvgIpc) is 3.54. The van der Waals surface area contributed by atoms with Crippen molar-refractivity contribution in [1.29, 1.82) is 5.26 Å². The zero-order valence-electron chi connectivity index (χ0n) is 16.7. The summed E-state index contributed by atoms with van der Waals surface area (Å²) in [6.45, 7) is 1.81. The molecule has 0 unspecified atom stereocenters. The van der Waals surface area contributed by atoms with Gasteiger partial charge in [0.2, 0.25) is 5.78 Å². The summed E-state index contributed by atoms with van der Waals surface area (Å²) in [7, 11) is 1.48. The number of carbonyl (C=O) groups excluding carboxylic acids is 2. The summed E-state index contributed by atoms with van der Waals surface area (Å²) in [5.74, 6) is 0.0427. The highest BCUT2D eigenvalue weighted by Gasteiger charge is 2.32. The number of ether oxygens (including phenoxy) is 2. The fraction of sp³-hybridized carbons (Fsp3) is 0.208. The van der Waals surface area contributed by atoms with Gasteiger partial charge in [0.1, 0.15) is 11.6 Å². The van der Waals surface area contributed by atoms with E-state index in [2.05, 4.69) is 4.98 Å². The van der Waals surface area contributed by atoms with E-state index >= 15 is 0 Å². The molecule has 1 aromatic heterocycles. The van der Waals surface area contributed by atoms with Crippen LogP contribution >= 0.6 is 0 Å². The van der Waals surface area contributed by atoms with E-state index in [1.807, 2.05) is 37.3 Å². The fourth-order valence-electron chi connectivity index (χ4n) is 3.39. The number of aromatic nitrogens is 1. The first-order chi connectivity index (χ1) is 14.5. The number of methoxy groups -OCH3 is 1. The second kappa shape index (κ2) is 7.88. The van der Waals surface area contributed by atoms with E-state index in [0.717, 1.165) is 23.7 Å². The van der Waals surface area contributed by atoms with E-state index in [-0.39, 0.29) is 23.2 Å². The Morgan fingerprint density at radius 2 is 1.93 bits per heavy atom. The number of nitrogens with zero attached hydrogens (tertiary/aromatic N) is 1. The van der Waals surface area contributed by atoms with Crippen LogP contribution in [0.5, 0.6) is 11.5 Å². The maximum atomic E-state index is 13.1. The number of rotatable bonds is 6. The smallest absolute Gasteiger partial charge is 0.314 e. The molecule has 0 amide bonds. The number of carbonyl (C=O) groups is 2. The van der Waals surface area contributed by atoms with Crippen LogP contribution in [-0.2, 0) is 4.79 Å². The van der Waals surface area contributed by atoms with E-state index < -0.39 is 0 Å². The van der Waals surface area contributed by atoms with E-state index in [0.29, 0.717) is 28.3 Å². The number of esters is 1. The number of nitriles is 1. The Morgan fingerprint density at radius 1 is 1.17 bits per heavy atom. The van der Waals surface area contributed by atoms with Gasteiger partial charge in [0, 0.05) is 16.6 Å². The van der Waals surface area contributed by atoms with E-state index in [4.69, 9.17) is 9.47 Å². The van der Waals surface area contributed by atoms with Gasteiger partial charge in [-0.25, -0.2) is 0 Å². The van der Waals surface area contributed by atoms with Gasteiger partial charge in [0.05, 0.1) is 18.6 Å². The SMILES string of the molecule is COc1cc(/C=C(\C#N)C(=O)c2c(C)[nH]c3ccccc23)ccc1OC(=O)C1CC1. The van der Waals surface area contributed by atoms with Crippen LogP contribution in [0.3, 0.4) is 0 Å². The second-order valence-electron chi connectivity index (χ2n) is 7.28. The minimum atomic E-state index is -0.351. The summed E-state index contributed by atoms with van der Waals surface area (Å²) in [5, 5.41) is 10.4. The summed E-state index contributed by atoms with van der Waals surface area (Å²) in [5.41, 5.74) is 2.65. The summed E-state index contributed by atoms with van der Waals surface area (Å²) < 4.78 is 10.7. The number of Topliss-reactive ketones (excluding diaryl/α,β-unsaturated/α-hetero) is 1. The average molecular weight is 400 g/mol. The molecule has 0 aliphatic heterocycles. The molecule has 1 aliphatic carbocycles. The second-order valence-corrected chi connectivity index (χ2v) is 7.28. The van der Waals surface area contributed by atoms with Crippen LogP contribution in [0.1, 0.15) is 34.5 Å². The first-order valence-corrected chi connectivity index (χ1v) is 9.65. The van der Waals surface area contributed by atoms with Gasteiger partial charge in [-0.2, -0.15) is 5.26 Å². The Kier molecular flexibility index (Phi) is 5.11. The Labute approximate surface area is 173 Å². The molecule has 2 aromatic carbocycles. The molecule has 1 N–H and O–H groups in total. The molecule has 0 bridgehead atoms. The molecule has 3 aromatic rings. The van der Waals surface area contributed by atoms with Crippen LogP contribution in [0.25, 0.3) is 17.0 Å². The summed E-state index contributed by atoms with van der Waals surface area (Å²) in [6.07, 6.45) is 3.21. The number of aryl methyl sites for hydroxylation is 1. The molecule has 1 saturated carbocycles. The van der Waals surface area contributed by atoms with Crippen LogP contribution in [0.15, 0.2) is 48.0 Å². The number of hydrogen-bond acceptors (Lipinski definition) is 5. The molecule has 4 rings (SSSR count). The lowest BCUT2D eigenvalue weighted by Crippen LogP contribution is -2.10. The predicted molar refractivity (Wildman–Crippen MR) is 112 cm³/mol. The lowest BCUT2D eigenvalue weighted by atomic mass is 9.99. The molecule has 0 saturated heterocycles. The maximum absolute atomic E-state index is 13.1. The number of fused-ring (bicyclic) bond motifs is 1. The Balaban J connectivity index is 1.66. The summed E-state index contributed by atoms with van der Waals surface area (Å²) >= 11 is 0. The molecule has 150 valence electrons. The van der Waals surface area contributed by atoms with Gasteiger partial charge in [0.15, 0.2) is 11.5 Å². The van der Waals surface area contributed by atoms with Crippen molar-refractivity contribution in [3.8, 4) is 17.6 Å². The van der Waals surface area contributed by atoms with Crippen molar-refractivity contribution in [2.75, 3.05) is 7.11 Å². The van der Waals surface area contributed by atoms with Gasteiger partial charge in [-0.3, -0.25) is 9.59 Å². The fourth-order valence-corrected chi connectivity index (χ4v) is 3.39. The number of hydrogen-bond donors (Lipinski definition) is 1. The standard InChI is InChI=1S/C24H20N2O4/c1-14-22(18-5-3-4-6-19(18)26-14)23(27)17(13-25)11-15-7-10-20(21(12-15)29-2)30-24(28)16-8-9-16/h3-7,10-12,16,26H,8-9H2,1-2H3/b17-11+. The number of nitrogens with one attached hydrogen (secondary N) is 1. The van der Waals surface area contributed by atoms with Crippen molar-refractivity contribution in [3.05, 3.63) is 64.9 Å². The molecule has 0 atom stereocenters. The minimum Gasteiger partial charge on any atom is -0.493 e. The normalized spacial score (nSPS) is 13.7. The lowest BCUT2D eigenvalue weighted by Gasteiger charge is -2.10. The molecule has 6 heteroatoms. The molecule has 1 aliphatic rings. The Morgan fingerprint density at radius 3 is 2.63 bits per heavy atom. The number of para-hydroxylation sites is 1. The number of H-pyrrole nitrogens is 1. The Bertz CT molecular complexity index is 1230. The number of benzene rings is 2. The summed E-state index contributed by atoms with van der Waals surface area (Å²) in [4.78, 5) is 28.2. The topological polar surface area (TPSA) is 92.2 Å². The van der Waals surface area contributed by atoms with Crippen molar-refractivity contribution < 1.29 is 19.1 Å². The van der Waals surface area contributed by atoms with Crippen LogP contribution in [0, 0.1) is 24.2 Å².